The van der Waals surface area contributed by atoms with Crippen LogP contribution < -0.4 is 5.73 Å². The number of piperazine rings is 1. The van der Waals surface area contributed by atoms with E-state index in [9.17, 15) is 22.4 Å². The number of hydrogen-bond donors (Lipinski definition) is 1. The van der Waals surface area contributed by atoms with E-state index in [1.165, 1.54) is 4.90 Å². The molecular weight excluding hydrogens is 397 g/mol. The Morgan fingerprint density at radius 1 is 1.12 bits per heavy atom. The summed E-state index contributed by atoms with van der Waals surface area (Å²) in [6.45, 7) is -0.110. The zero-order valence-electron chi connectivity index (χ0n) is 14.0. The second kappa shape index (κ2) is 10.8. The summed E-state index contributed by atoms with van der Waals surface area (Å²) in [4.78, 5) is 15.0. The van der Waals surface area contributed by atoms with Gasteiger partial charge in [-0.05, 0) is 18.1 Å². The van der Waals surface area contributed by atoms with Gasteiger partial charge < -0.3 is 10.6 Å². The molecule has 1 aromatic carbocycles. The highest BCUT2D eigenvalue weighted by atomic mass is 35.5. The van der Waals surface area contributed by atoms with Crippen LogP contribution >= 0.6 is 24.8 Å². The van der Waals surface area contributed by atoms with Crippen molar-refractivity contribution in [3.05, 3.63) is 29.8 Å². The predicted molar refractivity (Wildman–Crippen MR) is 97.6 cm³/mol. The number of carbonyl (C=O) groups is 1. The standard InChI is InChI=1S/C16H21F4N3O.2ClH/c17-15(18)16(19,20)11-22-7-9-23(10-8-22)14(24)6-5-12-3-1-2-4-13(12)21;;/h1-4,15H,5-11,21H2;2*1H. The molecule has 0 bridgehead atoms. The molecule has 26 heavy (non-hydrogen) atoms. The maximum Gasteiger partial charge on any atom is 0.319 e. The van der Waals surface area contributed by atoms with E-state index in [0.29, 0.717) is 12.1 Å². The summed E-state index contributed by atoms with van der Waals surface area (Å²) in [7, 11) is 0. The third kappa shape index (κ3) is 6.81. The monoisotopic (exact) mass is 419 g/mol. The SMILES string of the molecule is Cl.Cl.Nc1ccccc1CCC(=O)N1CCN(CC(F)(F)C(F)F)CC1. The largest absolute Gasteiger partial charge is 0.399 e. The lowest BCUT2D eigenvalue weighted by Crippen LogP contribution is -2.52. The highest BCUT2D eigenvalue weighted by Gasteiger charge is 2.42. The van der Waals surface area contributed by atoms with Crippen LogP contribution in [0.15, 0.2) is 24.3 Å². The maximum absolute atomic E-state index is 13.0. The molecule has 0 aliphatic carbocycles. The Balaban J connectivity index is 0.00000312. The fourth-order valence-corrected chi connectivity index (χ4v) is 2.68. The number of amides is 1. The highest BCUT2D eigenvalue weighted by Crippen LogP contribution is 2.24. The fourth-order valence-electron chi connectivity index (χ4n) is 2.68. The Bertz CT molecular complexity index is 570. The number of hydrogen-bond acceptors (Lipinski definition) is 3. The van der Waals surface area contributed by atoms with Gasteiger partial charge >= 0.3 is 12.3 Å². The first-order valence-electron chi connectivity index (χ1n) is 7.79. The summed E-state index contributed by atoms with van der Waals surface area (Å²) >= 11 is 0. The predicted octanol–water partition coefficient (Wildman–Crippen LogP) is 3.09. The molecule has 1 aliphatic rings. The molecule has 0 aromatic heterocycles. The van der Waals surface area contributed by atoms with E-state index in [2.05, 4.69) is 0 Å². The van der Waals surface area contributed by atoms with E-state index in [-0.39, 0.29) is 63.3 Å². The van der Waals surface area contributed by atoms with Gasteiger partial charge in [0.1, 0.15) is 0 Å². The van der Waals surface area contributed by atoms with Crippen molar-refractivity contribution in [2.75, 3.05) is 38.5 Å². The van der Waals surface area contributed by atoms with E-state index in [1.54, 1.807) is 11.0 Å². The molecule has 0 unspecified atom stereocenters. The molecule has 2 N–H and O–H groups in total. The molecule has 1 heterocycles. The summed E-state index contributed by atoms with van der Waals surface area (Å²) in [6, 6.07) is 7.28. The minimum atomic E-state index is -4.02. The number of carbonyl (C=O) groups excluding carboxylic acids is 1. The molecule has 0 spiro atoms. The van der Waals surface area contributed by atoms with Crippen LogP contribution in [0, 0.1) is 0 Å². The third-order valence-corrected chi connectivity index (χ3v) is 4.14. The number of aryl methyl sites for hydroxylation is 1. The van der Waals surface area contributed by atoms with Crippen molar-refractivity contribution in [2.24, 2.45) is 0 Å². The van der Waals surface area contributed by atoms with Crippen molar-refractivity contribution in [1.82, 2.24) is 9.80 Å². The maximum atomic E-state index is 13.0. The van der Waals surface area contributed by atoms with Crippen molar-refractivity contribution >= 4 is 36.4 Å². The van der Waals surface area contributed by atoms with Crippen molar-refractivity contribution in [3.63, 3.8) is 0 Å². The van der Waals surface area contributed by atoms with Crippen LogP contribution in [0.5, 0.6) is 0 Å². The smallest absolute Gasteiger partial charge is 0.319 e. The highest BCUT2D eigenvalue weighted by molar-refractivity contribution is 5.85. The van der Waals surface area contributed by atoms with Crippen molar-refractivity contribution in [2.45, 2.75) is 25.2 Å². The zero-order chi connectivity index (χ0) is 17.7. The number of para-hydroxylation sites is 1. The number of benzene rings is 1. The number of nitrogen functional groups attached to an aromatic ring is 1. The molecule has 2 rings (SSSR count). The Labute approximate surface area is 162 Å². The van der Waals surface area contributed by atoms with Crippen LogP contribution in [0.25, 0.3) is 0 Å². The van der Waals surface area contributed by atoms with Crippen molar-refractivity contribution < 1.29 is 22.4 Å². The molecule has 4 nitrogen and oxygen atoms in total. The van der Waals surface area contributed by atoms with E-state index in [1.807, 2.05) is 18.2 Å². The molecule has 1 saturated heterocycles. The van der Waals surface area contributed by atoms with E-state index in [0.717, 1.165) is 5.56 Å². The Morgan fingerprint density at radius 2 is 1.69 bits per heavy atom. The molecule has 0 saturated carbocycles. The second-order valence-electron chi connectivity index (χ2n) is 5.92. The van der Waals surface area contributed by atoms with Gasteiger partial charge in [0, 0.05) is 38.3 Å². The lowest BCUT2D eigenvalue weighted by atomic mass is 10.1. The average molecular weight is 420 g/mol. The van der Waals surface area contributed by atoms with Gasteiger partial charge in [0.15, 0.2) is 0 Å². The quantitative estimate of drug-likeness (QED) is 0.569. The van der Waals surface area contributed by atoms with Crippen LogP contribution in [-0.4, -0.2) is 60.8 Å². The van der Waals surface area contributed by atoms with Crippen LogP contribution in [-0.2, 0) is 11.2 Å². The van der Waals surface area contributed by atoms with Crippen molar-refractivity contribution in [1.29, 1.82) is 0 Å². The second-order valence-corrected chi connectivity index (χ2v) is 5.92. The summed E-state index contributed by atoms with van der Waals surface area (Å²) in [5.41, 5.74) is 7.34. The first-order valence-corrected chi connectivity index (χ1v) is 7.79. The first-order chi connectivity index (χ1) is 11.3. The molecule has 1 amide bonds. The summed E-state index contributed by atoms with van der Waals surface area (Å²) in [5.74, 6) is -4.10. The number of nitrogens with two attached hydrogens (primary N) is 1. The minimum absolute atomic E-state index is 0. The number of nitrogens with zero attached hydrogens (tertiary/aromatic N) is 2. The van der Waals surface area contributed by atoms with Gasteiger partial charge in [0.05, 0.1) is 6.54 Å². The van der Waals surface area contributed by atoms with Gasteiger partial charge in [-0.15, -0.1) is 24.8 Å². The number of rotatable bonds is 6. The Hall–Kier alpha value is -1.25. The minimum Gasteiger partial charge on any atom is -0.399 e. The molecule has 150 valence electrons. The molecule has 10 heteroatoms. The van der Waals surface area contributed by atoms with Gasteiger partial charge in [0.2, 0.25) is 5.91 Å². The fraction of sp³-hybridized carbons (Fsp3) is 0.562. The van der Waals surface area contributed by atoms with Gasteiger partial charge in [0.25, 0.3) is 0 Å². The molecule has 1 fully saturated rings. The third-order valence-electron chi connectivity index (χ3n) is 4.14. The van der Waals surface area contributed by atoms with Crippen LogP contribution in [0.2, 0.25) is 0 Å². The molecular formula is C16H23Cl2F4N3O. The summed E-state index contributed by atoms with van der Waals surface area (Å²) in [5, 5.41) is 0. The van der Waals surface area contributed by atoms with E-state index < -0.39 is 18.9 Å². The lowest BCUT2D eigenvalue weighted by Gasteiger charge is -2.36. The van der Waals surface area contributed by atoms with Gasteiger partial charge in [-0.1, -0.05) is 18.2 Å². The summed E-state index contributed by atoms with van der Waals surface area (Å²) < 4.78 is 50.5. The Kier molecular flexibility index (Phi) is 10.3. The number of alkyl halides is 4. The molecule has 1 aliphatic heterocycles. The molecule has 0 radical (unpaired) electrons. The van der Waals surface area contributed by atoms with E-state index >= 15 is 0 Å². The van der Waals surface area contributed by atoms with Crippen LogP contribution in [0.4, 0.5) is 23.2 Å². The average Bonchev–Trinajstić information content (AvgIpc) is 2.54. The zero-order valence-corrected chi connectivity index (χ0v) is 15.7. The number of halogens is 6. The van der Waals surface area contributed by atoms with Crippen LogP contribution in [0.3, 0.4) is 0 Å². The summed E-state index contributed by atoms with van der Waals surface area (Å²) in [6.07, 6.45) is -2.88. The first kappa shape index (κ1) is 24.8. The normalized spacial score (nSPS) is 15.3. The van der Waals surface area contributed by atoms with Crippen LogP contribution in [0.1, 0.15) is 12.0 Å². The van der Waals surface area contributed by atoms with Gasteiger partial charge in [-0.3, -0.25) is 9.69 Å². The number of anilines is 1. The van der Waals surface area contributed by atoms with Gasteiger partial charge in [-0.25, -0.2) is 8.78 Å². The van der Waals surface area contributed by atoms with Crippen molar-refractivity contribution in [3.8, 4) is 0 Å². The lowest BCUT2D eigenvalue weighted by molar-refractivity contribution is -0.148. The molecule has 0 atom stereocenters. The van der Waals surface area contributed by atoms with E-state index in [4.69, 9.17) is 5.73 Å². The molecule has 1 aromatic rings. The van der Waals surface area contributed by atoms with Gasteiger partial charge in [-0.2, -0.15) is 8.78 Å². The topological polar surface area (TPSA) is 49.6 Å². The Morgan fingerprint density at radius 3 is 2.23 bits per heavy atom.